The molecule has 0 saturated carbocycles. The van der Waals surface area contributed by atoms with Crippen molar-refractivity contribution in [2.24, 2.45) is 5.92 Å². The summed E-state index contributed by atoms with van der Waals surface area (Å²) in [7, 11) is 0. The number of ether oxygens (including phenoxy) is 1. The van der Waals surface area contributed by atoms with Crippen LogP contribution in [0.15, 0.2) is 0 Å². The summed E-state index contributed by atoms with van der Waals surface area (Å²) in [6.45, 7) is 12.1. The molecule has 1 unspecified atom stereocenters. The van der Waals surface area contributed by atoms with Crippen LogP contribution in [0.4, 0.5) is 0 Å². The van der Waals surface area contributed by atoms with Crippen LogP contribution in [0.5, 0.6) is 0 Å². The molecule has 1 aliphatic heterocycles. The molecule has 0 amide bonds. The Kier molecular flexibility index (Phi) is 6.98. The summed E-state index contributed by atoms with van der Waals surface area (Å²) in [5, 5.41) is 3.44. The zero-order valence-electron chi connectivity index (χ0n) is 10.3. The molecule has 3 nitrogen and oxygen atoms in total. The molecule has 1 heterocycles. The lowest BCUT2D eigenvalue weighted by molar-refractivity contribution is 0.135. The fourth-order valence-corrected chi connectivity index (χ4v) is 2.17. The van der Waals surface area contributed by atoms with Gasteiger partial charge in [-0.2, -0.15) is 0 Å². The Morgan fingerprint density at radius 3 is 3.00 bits per heavy atom. The van der Waals surface area contributed by atoms with E-state index in [-0.39, 0.29) is 0 Å². The molecule has 15 heavy (non-hydrogen) atoms. The first-order valence-corrected chi connectivity index (χ1v) is 6.37. The van der Waals surface area contributed by atoms with Gasteiger partial charge in [0.1, 0.15) is 0 Å². The number of nitrogens with zero attached hydrogens (tertiary/aromatic N) is 1. The highest BCUT2D eigenvalue weighted by Crippen LogP contribution is 2.15. The van der Waals surface area contributed by atoms with Gasteiger partial charge < -0.3 is 15.0 Å². The van der Waals surface area contributed by atoms with E-state index >= 15 is 0 Å². The number of hydrogen-bond acceptors (Lipinski definition) is 3. The van der Waals surface area contributed by atoms with Crippen molar-refractivity contribution in [2.45, 2.75) is 26.7 Å². The molecule has 0 aromatic carbocycles. The zero-order chi connectivity index (χ0) is 10.9. The van der Waals surface area contributed by atoms with Crippen molar-refractivity contribution in [2.75, 3.05) is 45.9 Å². The van der Waals surface area contributed by atoms with Crippen LogP contribution in [0.1, 0.15) is 26.7 Å². The van der Waals surface area contributed by atoms with Gasteiger partial charge in [-0.05, 0) is 45.3 Å². The predicted octanol–water partition coefficient (Wildman–Crippen LogP) is 1.34. The molecule has 1 saturated heterocycles. The Balaban J connectivity index is 1.98. The molecule has 0 bridgehead atoms. The van der Waals surface area contributed by atoms with Gasteiger partial charge in [0, 0.05) is 26.3 Å². The van der Waals surface area contributed by atoms with E-state index in [1.165, 1.54) is 39.0 Å². The first-order chi connectivity index (χ1) is 7.36. The van der Waals surface area contributed by atoms with Gasteiger partial charge in [-0.25, -0.2) is 0 Å². The number of rotatable bonds is 8. The van der Waals surface area contributed by atoms with Crippen LogP contribution in [0.25, 0.3) is 0 Å². The lowest BCUT2D eigenvalue weighted by Gasteiger charge is -2.15. The van der Waals surface area contributed by atoms with E-state index in [0.29, 0.717) is 0 Å². The lowest BCUT2D eigenvalue weighted by Crippen LogP contribution is -2.27. The highest BCUT2D eigenvalue weighted by Gasteiger charge is 2.20. The van der Waals surface area contributed by atoms with Crippen LogP contribution in [0, 0.1) is 5.92 Å². The first kappa shape index (κ1) is 12.9. The second-order valence-electron chi connectivity index (χ2n) is 4.31. The molecule has 1 N–H and O–H groups in total. The van der Waals surface area contributed by atoms with Gasteiger partial charge in [-0.1, -0.05) is 6.92 Å². The topological polar surface area (TPSA) is 24.5 Å². The highest BCUT2D eigenvalue weighted by atomic mass is 16.5. The number of hydrogen-bond donors (Lipinski definition) is 1. The monoisotopic (exact) mass is 214 g/mol. The van der Waals surface area contributed by atoms with Crippen molar-refractivity contribution in [3.63, 3.8) is 0 Å². The highest BCUT2D eigenvalue weighted by molar-refractivity contribution is 4.76. The molecule has 1 aliphatic rings. The van der Waals surface area contributed by atoms with Crippen LogP contribution >= 0.6 is 0 Å². The molecule has 90 valence electrons. The number of nitrogens with one attached hydrogen (secondary N) is 1. The molecule has 0 radical (unpaired) electrons. The summed E-state index contributed by atoms with van der Waals surface area (Å²) >= 11 is 0. The third-order valence-corrected chi connectivity index (χ3v) is 3.02. The van der Waals surface area contributed by atoms with E-state index in [1.807, 2.05) is 0 Å². The predicted molar refractivity (Wildman–Crippen MR) is 64.2 cm³/mol. The Labute approximate surface area is 94.2 Å². The summed E-state index contributed by atoms with van der Waals surface area (Å²) in [6.07, 6.45) is 2.55. The SMILES string of the molecule is CCNCC1CCN(CCCOCC)C1. The maximum absolute atomic E-state index is 5.35. The minimum absolute atomic E-state index is 0.850. The van der Waals surface area contributed by atoms with Crippen LogP contribution in [0.2, 0.25) is 0 Å². The van der Waals surface area contributed by atoms with Crippen molar-refractivity contribution in [1.82, 2.24) is 10.2 Å². The van der Waals surface area contributed by atoms with Gasteiger partial charge in [-0.15, -0.1) is 0 Å². The minimum Gasteiger partial charge on any atom is -0.382 e. The standard InChI is InChI=1S/C12H26N2O/c1-3-13-10-12-6-8-14(11-12)7-5-9-15-4-2/h12-13H,3-11H2,1-2H3. The Morgan fingerprint density at radius 2 is 2.27 bits per heavy atom. The molecule has 1 atom stereocenters. The van der Waals surface area contributed by atoms with Crippen LogP contribution in [-0.2, 0) is 4.74 Å². The van der Waals surface area contributed by atoms with Gasteiger partial charge in [0.05, 0.1) is 0 Å². The molecule has 0 spiro atoms. The second kappa shape index (κ2) is 8.08. The first-order valence-electron chi connectivity index (χ1n) is 6.37. The van der Waals surface area contributed by atoms with Crippen molar-refractivity contribution >= 4 is 0 Å². The third kappa shape index (κ3) is 5.50. The minimum atomic E-state index is 0.850. The van der Waals surface area contributed by atoms with Crippen molar-refractivity contribution < 1.29 is 4.74 Å². The molecule has 0 aliphatic carbocycles. The van der Waals surface area contributed by atoms with E-state index in [9.17, 15) is 0 Å². The second-order valence-corrected chi connectivity index (χ2v) is 4.31. The van der Waals surface area contributed by atoms with Crippen molar-refractivity contribution in [3.05, 3.63) is 0 Å². The largest absolute Gasteiger partial charge is 0.382 e. The van der Waals surface area contributed by atoms with E-state index in [1.54, 1.807) is 0 Å². The molecule has 0 aromatic rings. The lowest BCUT2D eigenvalue weighted by atomic mass is 10.1. The van der Waals surface area contributed by atoms with Crippen molar-refractivity contribution in [3.8, 4) is 0 Å². The van der Waals surface area contributed by atoms with E-state index in [2.05, 4.69) is 24.1 Å². The normalized spacial score (nSPS) is 22.4. The summed E-state index contributed by atoms with van der Waals surface area (Å²) < 4.78 is 5.35. The Hall–Kier alpha value is -0.120. The molecule has 0 aromatic heterocycles. The fourth-order valence-electron chi connectivity index (χ4n) is 2.17. The Morgan fingerprint density at radius 1 is 1.40 bits per heavy atom. The fraction of sp³-hybridized carbons (Fsp3) is 1.00. The van der Waals surface area contributed by atoms with Crippen LogP contribution in [0.3, 0.4) is 0 Å². The molecular formula is C12H26N2O. The summed E-state index contributed by atoms with van der Waals surface area (Å²) in [6, 6.07) is 0. The number of likely N-dealkylation sites (tertiary alicyclic amines) is 1. The molecule has 3 heteroatoms. The molecule has 1 rings (SSSR count). The molecule has 1 fully saturated rings. The smallest absolute Gasteiger partial charge is 0.0478 e. The maximum Gasteiger partial charge on any atom is 0.0478 e. The summed E-state index contributed by atoms with van der Waals surface area (Å²) in [4.78, 5) is 2.57. The van der Waals surface area contributed by atoms with Gasteiger partial charge >= 0.3 is 0 Å². The maximum atomic E-state index is 5.35. The average Bonchev–Trinajstić information content (AvgIpc) is 2.69. The van der Waals surface area contributed by atoms with Gasteiger partial charge in [0.2, 0.25) is 0 Å². The zero-order valence-corrected chi connectivity index (χ0v) is 10.3. The van der Waals surface area contributed by atoms with E-state index in [4.69, 9.17) is 4.74 Å². The quantitative estimate of drug-likeness (QED) is 0.617. The van der Waals surface area contributed by atoms with Gasteiger partial charge in [0.25, 0.3) is 0 Å². The average molecular weight is 214 g/mol. The van der Waals surface area contributed by atoms with E-state index in [0.717, 1.165) is 25.7 Å². The van der Waals surface area contributed by atoms with Gasteiger partial charge in [-0.3, -0.25) is 0 Å². The van der Waals surface area contributed by atoms with Crippen molar-refractivity contribution in [1.29, 1.82) is 0 Å². The summed E-state index contributed by atoms with van der Waals surface area (Å²) in [5.74, 6) is 0.872. The van der Waals surface area contributed by atoms with Crippen LogP contribution in [-0.4, -0.2) is 50.8 Å². The van der Waals surface area contributed by atoms with Gasteiger partial charge in [0.15, 0.2) is 0 Å². The summed E-state index contributed by atoms with van der Waals surface area (Å²) in [5.41, 5.74) is 0. The third-order valence-electron chi connectivity index (χ3n) is 3.02. The Bertz CT molecular complexity index is 153. The van der Waals surface area contributed by atoms with E-state index < -0.39 is 0 Å². The molecular weight excluding hydrogens is 188 g/mol. The van der Waals surface area contributed by atoms with Crippen LogP contribution < -0.4 is 5.32 Å².